The van der Waals surface area contributed by atoms with Crippen LogP contribution in [-0.4, -0.2) is 59.8 Å². The normalized spacial score (nSPS) is 23.7. The van der Waals surface area contributed by atoms with Gasteiger partial charge in [0, 0.05) is 44.9 Å². The Bertz CT molecular complexity index is 503. The van der Waals surface area contributed by atoms with Crippen molar-refractivity contribution < 1.29 is 14.1 Å². The van der Waals surface area contributed by atoms with Gasteiger partial charge >= 0.3 is 0 Å². The topological polar surface area (TPSA) is 58.8 Å². The fourth-order valence-corrected chi connectivity index (χ4v) is 3.28. The van der Waals surface area contributed by atoms with Gasteiger partial charge in [0.15, 0.2) is 0 Å². The van der Waals surface area contributed by atoms with Crippen LogP contribution in [0.15, 0.2) is 4.52 Å². The lowest BCUT2D eigenvalue weighted by atomic mass is 10.2. The Morgan fingerprint density at radius 2 is 2.09 bits per heavy atom. The Kier molecular flexibility index (Phi) is 4.78. The summed E-state index contributed by atoms with van der Waals surface area (Å²) in [7, 11) is 0. The predicted molar refractivity (Wildman–Crippen MR) is 81.4 cm³/mol. The van der Waals surface area contributed by atoms with Crippen molar-refractivity contribution in [3.8, 4) is 0 Å². The number of aryl methyl sites for hydroxylation is 2. The highest BCUT2D eigenvalue weighted by molar-refractivity contribution is 5.81. The van der Waals surface area contributed by atoms with E-state index in [0.717, 1.165) is 70.0 Å². The summed E-state index contributed by atoms with van der Waals surface area (Å²) in [5.41, 5.74) is 2.15. The van der Waals surface area contributed by atoms with Gasteiger partial charge in [0.25, 0.3) is 5.91 Å². The highest BCUT2D eigenvalue weighted by Crippen LogP contribution is 2.18. The lowest BCUT2D eigenvalue weighted by molar-refractivity contribution is -0.140. The molecule has 0 saturated carbocycles. The number of hydrogen-bond acceptors (Lipinski definition) is 5. The molecule has 3 heterocycles. The SMILES string of the molecule is Cc1noc(C)c1CN1CCCN(C(=O)[C@H]2CCCO2)CC1. The number of amides is 1. The minimum Gasteiger partial charge on any atom is -0.368 e. The van der Waals surface area contributed by atoms with Gasteiger partial charge in [-0.15, -0.1) is 0 Å². The second-order valence-corrected chi connectivity index (χ2v) is 6.26. The van der Waals surface area contributed by atoms with Crippen molar-refractivity contribution in [1.29, 1.82) is 0 Å². The molecule has 0 spiro atoms. The first-order valence-corrected chi connectivity index (χ1v) is 8.19. The summed E-state index contributed by atoms with van der Waals surface area (Å²) < 4.78 is 10.8. The van der Waals surface area contributed by atoms with Gasteiger partial charge in [0.05, 0.1) is 5.69 Å². The van der Waals surface area contributed by atoms with Crippen molar-refractivity contribution in [2.75, 3.05) is 32.8 Å². The van der Waals surface area contributed by atoms with Crippen LogP contribution in [0.4, 0.5) is 0 Å². The molecule has 122 valence electrons. The molecule has 22 heavy (non-hydrogen) atoms. The van der Waals surface area contributed by atoms with E-state index in [9.17, 15) is 4.79 Å². The van der Waals surface area contributed by atoms with Crippen molar-refractivity contribution in [1.82, 2.24) is 15.0 Å². The first kappa shape index (κ1) is 15.5. The van der Waals surface area contributed by atoms with E-state index in [0.29, 0.717) is 0 Å². The molecule has 1 atom stereocenters. The van der Waals surface area contributed by atoms with Crippen LogP contribution in [0.3, 0.4) is 0 Å². The zero-order chi connectivity index (χ0) is 15.5. The third kappa shape index (κ3) is 3.33. The van der Waals surface area contributed by atoms with Gasteiger partial charge in [-0.3, -0.25) is 9.69 Å². The highest BCUT2D eigenvalue weighted by atomic mass is 16.5. The smallest absolute Gasteiger partial charge is 0.251 e. The van der Waals surface area contributed by atoms with Crippen molar-refractivity contribution in [3.63, 3.8) is 0 Å². The number of aromatic nitrogens is 1. The summed E-state index contributed by atoms with van der Waals surface area (Å²) in [5.74, 6) is 1.07. The van der Waals surface area contributed by atoms with Crippen LogP contribution in [0.25, 0.3) is 0 Å². The summed E-state index contributed by atoms with van der Waals surface area (Å²) in [6.45, 7) is 9.02. The molecule has 0 unspecified atom stereocenters. The van der Waals surface area contributed by atoms with Gasteiger partial charge in [-0.2, -0.15) is 0 Å². The number of rotatable bonds is 3. The van der Waals surface area contributed by atoms with Gasteiger partial charge in [0.1, 0.15) is 11.9 Å². The lowest BCUT2D eigenvalue weighted by Crippen LogP contribution is -2.41. The molecule has 0 bridgehead atoms. The molecule has 0 radical (unpaired) electrons. The number of nitrogens with zero attached hydrogens (tertiary/aromatic N) is 3. The Hall–Kier alpha value is -1.40. The number of carbonyl (C=O) groups excluding carboxylic acids is 1. The Morgan fingerprint density at radius 1 is 1.23 bits per heavy atom. The van der Waals surface area contributed by atoms with Gasteiger partial charge < -0.3 is 14.2 Å². The molecular formula is C16H25N3O3. The van der Waals surface area contributed by atoms with Gasteiger partial charge in [-0.1, -0.05) is 5.16 Å². The molecule has 6 heteroatoms. The molecule has 2 fully saturated rings. The quantitative estimate of drug-likeness (QED) is 0.847. The van der Waals surface area contributed by atoms with E-state index < -0.39 is 0 Å². The van der Waals surface area contributed by atoms with Crippen LogP contribution in [-0.2, 0) is 16.1 Å². The van der Waals surface area contributed by atoms with Crippen LogP contribution in [0, 0.1) is 13.8 Å². The molecule has 3 rings (SSSR count). The summed E-state index contributed by atoms with van der Waals surface area (Å²) in [5, 5.41) is 4.02. The fraction of sp³-hybridized carbons (Fsp3) is 0.750. The Morgan fingerprint density at radius 3 is 2.77 bits per heavy atom. The Balaban J connectivity index is 1.56. The first-order chi connectivity index (χ1) is 10.6. The molecule has 0 N–H and O–H groups in total. The molecule has 6 nitrogen and oxygen atoms in total. The van der Waals surface area contributed by atoms with E-state index in [1.165, 1.54) is 5.56 Å². The molecular weight excluding hydrogens is 282 g/mol. The number of ether oxygens (including phenoxy) is 1. The van der Waals surface area contributed by atoms with E-state index in [2.05, 4.69) is 10.1 Å². The van der Waals surface area contributed by atoms with E-state index in [-0.39, 0.29) is 12.0 Å². The number of hydrogen-bond donors (Lipinski definition) is 0. The maximum absolute atomic E-state index is 12.4. The third-order valence-electron chi connectivity index (χ3n) is 4.67. The standard InChI is InChI=1S/C16H25N3O3/c1-12-14(13(2)22-17-12)11-18-6-4-7-19(9-8-18)16(20)15-5-3-10-21-15/h15H,3-11H2,1-2H3/t15-/m1/s1. The minimum atomic E-state index is -0.200. The molecule has 2 aliphatic heterocycles. The lowest BCUT2D eigenvalue weighted by Gasteiger charge is -2.24. The van der Waals surface area contributed by atoms with E-state index in [1.54, 1.807) is 0 Å². The van der Waals surface area contributed by atoms with Crippen molar-refractivity contribution in [2.45, 2.75) is 45.8 Å². The monoisotopic (exact) mass is 307 g/mol. The van der Waals surface area contributed by atoms with Crippen LogP contribution in [0.5, 0.6) is 0 Å². The molecule has 1 aromatic rings. The van der Waals surface area contributed by atoms with Crippen molar-refractivity contribution >= 4 is 5.91 Å². The van der Waals surface area contributed by atoms with Gasteiger partial charge in [-0.05, 0) is 33.1 Å². The first-order valence-electron chi connectivity index (χ1n) is 8.19. The van der Waals surface area contributed by atoms with E-state index >= 15 is 0 Å². The number of carbonyl (C=O) groups is 1. The highest BCUT2D eigenvalue weighted by Gasteiger charge is 2.29. The minimum absolute atomic E-state index is 0.177. The average Bonchev–Trinajstić information content (AvgIpc) is 3.07. The summed E-state index contributed by atoms with van der Waals surface area (Å²) in [6.07, 6.45) is 2.68. The molecule has 1 aromatic heterocycles. The van der Waals surface area contributed by atoms with Crippen molar-refractivity contribution in [2.24, 2.45) is 0 Å². The maximum Gasteiger partial charge on any atom is 0.251 e. The Labute approximate surface area is 131 Å². The zero-order valence-corrected chi connectivity index (χ0v) is 13.5. The second kappa shape index (κ2) is 6.79. The van der Waals surface area contributed by atoms with Crippen LogP contribution < -0.4 is 0 Å². The fourth-order valence-electron chi connectivity index (χ4n) is 3.28. The summed E-state index contributed by atoms with van der Waals surface area (Å²) in [4.78, 5) is 16.8. The average molecular weight is 307 g/mol. The molecule has 1 amide bonds. The van der Waals surface area contributed by atoms with Crippen LogP contribution in [0.2, 0.25) is 0 Å². The molecule has 0 aromatic carbocycles. The second-order valence-electron chi connectivity index (χ2n) is 6.26. The van der Waals surface area contributed by atoms with E-state index in [4.69, 9.17) is 9.26 Å². The van der Waals surface area contributed by atoms with Crippen LogP contribution in [0.1, 0.15) is 36.3 Å². The van der Waals surface area contributed by atoms with Crippen LogP contribution >= 0.6 is 0 Å². The molecule has 2 aliphatic rings. The largest absolute Gasteiger partial charge is 0.368 e. The third-order valence-corrected chi connectivity index (χ3v) is 4.67. The maximum atomic E-state index is 12.4. The van der Waals surface area contributed by atoms with Gasteiger partial charge in [0.2, 0.25) is 0 Å². The molecule has 2 saturated heterocycles. The zero-order valence-electron chi connectivity index (χ0n) is 13.5. The summed E-state index contributed by atoms with van der Waals surface area (Å²) >= 11 is 0. The van der Waals surface area contributed by atoms with Crippen molar-refractivity contribution in [3.05, 3.63) is 17.0 Å². The summed E-state index contributed by atoms with van der Waals surface area (Å²) in [6, 6.07) is 0. The van der Waals surface area contributed by atoms with E-state index in [1.807, 2.05) is 18.7 Å². The van der Waals surface area contributed by atoms with Gasteiger partial charge in [-0.25, -0.2) is 0 Å². The molecule has 0 aliphatic carbocycles. The predicted octanol–water partition coefficient (Wildman–Crippen LogP) is 1.50.